The van der Waals surface area contributed by atoms with E-state index in [1.54, 1.807) is 0 Å². The van der Waals surface area contributed by atoms with Crippen LogP contribution >= 0.6 is 0 Å². The molecule has 4 unspecified atom stereocenters. The Kier molecular flexibility index (Phi) is 3.82. The van der Waals surface area contributed by atoms with Crippen LogP contribution in [0.25, 0.3) is 0 Å². The predicted molar refractivity (Wildman–Crippen MR) is 87.3 cm³/mol. The van der Waals surface area contributed by atoms with Crippen molar-refractivity contribution in [1.29, 1.82) is 0 Å². The Balaban J connectivity index is 1.51. The van der Waals surface area contributed by atoms with E-state index in [1.165, 1.54) is 51.4 Å². The molecule has 0 spiro atoms. The summed E-state index contributed by atoms with van der Waals surface area (Å²) in [5.74, 6) is 2.47. The SMILES string of the molecule is CC1C2C=CC(C2)C1C(=O)OC1(C2CCCC2)CCCCC1. The Morgan fingerprint density at radius 2 is 1.68 bits per heavy atom. The maximum absolute atomic E-state index is 13.0. The highest BCUT2D eigenvalue weighted by Crippen LogP contribution is 2.50. The van der Waals surface area contributed by atoms with Gasteiger partial charge in [-0.3, -0.25) is 4.79 Å². The number of carbonyl (C=O) groups is 1. The molecule has 2 nitrogen and oxygen atoms in total. The van der Waals surface area contributed by atoms with Crippen molar-refractivity contribution in [3.8, 4) is 0 Å². The van der Waals surface area contributed by atoms with Gasteiger partial charge in [0.15, 0.2) is 0 Å². The molecule has 0 aliphatic heterocycles. The van der Waals surface area contributed by atoms with Crippen LogP contribution in [0.5, 0.6) is 0 Å². The molecular formula is C20H30O2. The van der Waals surface area contributed by atoms with Crippen LogP contribution in [-0.4, -0.2) is 11.6 Å². The molecule has 0 aromatic carbocycles. The first kappa shape index (κ1) is 14.8. The van der Waals surface area contributed by atoms with Gasteiger partial charge in [0.05, 0.1) is 5.92 Å². The Morgan fingerprint density at radius 1 is 1.00 bits per heavy atom. The lowest BCUT2D eigenvalue weighted by molar-refractivity contribution is -0.178. The van der Waals surface area contributed by atoms with Crippen LogP contribution in [0.2, 0.25) is 0 Å². The minimum absolute atomic E-state index is 0.100. The van der Waals surface area contributed by atoms with Crippen molar-refractivity contribution >= 4 is 5.97 Å². The quantitative estimate of drug-likeness (QED) is 0.548. The van der Waals surface area contributed by atoms with E-state index in [2.05, 4.69) is 19.1 Å². The molecule has 3 saturated carbocycles. The highest BCUT2D eigenvalue weighted by Gasteiger charge is 2.50. The van der Waals surface area contributed by atoms with Gasteiger partial charge >= 0.3 is 5.97 Å². The van der Waals surface area contributed by atoms with E-state index in [9.17, 15) is 4.79 Å². The number of ether oxygens (including phenoxy) is 1. The monoisotopic (exact) mass is 302 g/mol. The number of hydrogen-bond acceptors (Lipinski definition) is 2. The topological polar surface area (TPSA) is 26.3 Å². The molecule has 0 N–H and O–H groups in total. The predicted octanol–water partition coefficient (Wildman–Crippen LogP) is 4.88. The number of esters is 1. The van der Waals surface area contributed by atoms with E-state index >= 15 is 0 Å². The Morgan fingerprint density at radius 3 is 2.32 bits per heavy atom. The summed E-state index contributed by atoms with van der Waals surface area (Å²) in [6.07, 6.45) is 17.0. The molecule has 0 saturated heterocycles. The molecule has 4 atom stereocenters. The largest absolute Gasteiger partial charge is 0.459 e. The second kappa shape index (κ2) is 5.69. The maximum Gasteiger partial charge on any atom is 0.310 e. The van der Waals surface area contributed by atoms with E-state index in [0.717, 1.165) is 12.8 Å². The van der Waals surface area contributed by atoms with Crippen LogP contribution in [0, 0.1) is 29.6 Å². The summed E-state index contributed by atoms with van der Waals surface area (Å²) in [6, 6.07) is 0. The third kappa shape index (κ3) is 2.34. The Labute approximate surface area is 134 Å². The van der Waals surface area contributed by atoms with E-state index in [0.29, 0.717) is 23.7 Å². The van der Waals surface area contributed by atoms with Crippen molar-refractivity contribution in [2.45, 2.75) is 76.7 Å². The Bertz CT molecular complexity index is 454. The van der Waals surface area contributed by atoms with E-state index in [-0.39, 0.29) is 17.5 Å². The minimum atomic E-state index is -0.100. The standard InChI is InChI=1S/C20H30O2/c1-14-15-9-10-16(13-15)18(14)19(21)22-20(11-5-2-6-12-20)17-7-3-4-8-17/h9-10,14-18H,2-8,11-13H2,1H3. The molecular weight excluding hydrogens is 272 g/mol. The van der Waals surface area contributed by atoms with Gasteiger partial charge in [-0.25, -0.2) is 0 Å². The zero-order valence-corrected chi connectivity index (χ0v) is 13.9. The first-order valence-corrected chi connectivity index (χ1v) is 9.61. The summed E-state index contributed by atoms with van der Waals surface area (Å²) in [4.78, 5) is 13.0. The van der Waals surface area contributed by atoms with Crippen LogP contribution in [-0.2, 0) is 9.53 Å². The summed E-state index contributed by atoms with van der Waals surface area (Å²) in [7, 11) is 0. The average Bonchev–Trinajstić information content (AvgIpc) is 3.25. The molecule has 0 amide bonds. The maximum atomic E-state index is 13.0. The summed E-state index contributed by atoms with van der Waals surface area (Å²) in [5.41, 5.74) is -0.100. The van der Waals surface area contributed by atoms with Crippen LogP contribution in [0.1, 0.15) is 71.1 Å². The lowest BCUT2D eigenvalue weighted by Gasteiger charge is -2.43. The molecule has 2 bridgehead atoms. The average molecular weight is 302 g/mol. The lowest BCUT2D eigenvalue weighted by atomic mass is 9.74. The highest BCUT2D eigenvalue weighted by atomic mass is 16.6. The van der Waals surface area contributed by atoms with Gasteiger partial charge in [0.2, 0.25) is 0 Å². The van der Waals surface area contributed by atoms with Crippen molar-refractivity contribution in [3.63, 3.8) is 0 Å². The van der Waals surface area contributed by atoms with Gasteiger partial charge in [-0.2, -0.15) is 0 Å². The molecule has 0 heterocycles. The molecule has 2 heteroatoms. The second-order valence-electron chi connectivity index (χ2n) is 8.36. The number of hydrogen-bond donors (Lipinski definition) is 0. The summed E-state index contributed by atoms with van der Waals surface area (Å²) in [6.45, 7) is 2.25. The van der Waals surface area contributed by atoms with Crippen LogP contribution in [0.4, 0.5) is 0 Å². The van der Waals surface area contributed by atoms with Crippen molar-refractivity contribution in [3.05, 3.63) is 12.2 Å². The summed E-state index contributed by atoms with van der Waals surface area (Å²) in [5, 5.41) is 0. The number of rotatable bonds is 3. The first-order chi connectivity index (χ1) is 10.7. The molecule has 0 aromatic heterocycles. The lowest BCUT2D eigenvalue weighted by Crippen LogP contribution is -2.45. The van der Waals surface area contributed by atoms with Crippen LogP contribution in [0.15, 0.2) is 12.2 Å². The molecule has 22 heavy (non-hydrogen) atoms. The van der Waals surface area contributed by atoms with Gasteiger partial charge in [-0.15, -0.1) is 0 Å². The highest BCUT2D eigenvalue weighted by molar-refractivity contribution is 5.75. The van der Waals surface area contributed by atoms with Gasteiger partial charge in [0.25, 0.3) is 0 Å². The molecule has 4 aliphatic carbocycles. The zero-order chi connectivity index (χ0) is 15.2. The third-order valence-electron chi connectivity index (χ3n) is 7.23. The molecule has 0 aromatic rings. The van der Waals surface area contributed by atoms with Crippen molar-refractivity contribution in [2.24, 2.45) is 29.6 Å². The van der Waals surface area contributed by atoms with E-state index in [1.807, 2.05) is 0 Å². The first-order valence-electron chi connectivity index (χ1n) is 9.61. The Hall–Kier alpha value is -0.790. The fourth-order valence-corrected chi connectivity index (χ4v) is 5.92. The minimum Gasteiger partial charge on any atom is -0.459 e. The number of allylic oxidation sites excluding steroid dienone is 2. The molecule has 3 fully saturated rings. The molecule has 0 radical (unpaired) electrons. The summed E-state index contributed by atoms with van der Waals surface area (Å²) >= 11 is 0. The molecule has 4 aliphatic rings. The molecule has 4 rings (SSSR count). The normalized spacial score (nSPS) is 40.2. The number of carbonyl (C=O) groups excluding carboxylic acids is 1. The second-order valence-corrected chi connectivity index (χ2v) is 8.36. The van der Waals surface area contributed by atoms with Crippen LogP contribution in [0.3, 0.4) is 0 Å². The van der Waals surface area contributed by atoms with Gasteiger partial charge in [0, 0.05) is 0 Å². The van der Waals surface area contributed by atoms with Crippen LogP contribution < -0.4 is 0 Å². The van der Waals surface area contributed by atoms with Gasteiger partial charge in [-0.1, -0.05) is 38.3 Å². The van der Waals surface area contributed by atoms with Gasteiger partial charge in [0.1, 0.15) is 5.60 Å². The smallest absolute Gasteiger partial charge is 0.310 e. The fourth-order valence-electron chi connectivity index (χ4n) is 5.92. The third-order valence-corrected chi connectivity index (χ3v) is 7.23. The van der Waals surface area contributed by atoms with Gasteiger partial charge < -0.3 is 4.74 Å². The zero-order valence-electron chi connectivity index (χ0n) is 13.9. The summed E-state index contributed by atoms with van der Waals surface area (Å²) < 4.78 is 6.40. The van der Waals surface area contributed by atoms with Crippen molar-refractivity contribution in [2.75, 3.05) is 0 Å². The fraction of sp³-hybridized carbons (Fsp3) is 0.850. The van der Waals surface area contributed by atoms with E-state index < -0.39 is 0 Å². The molecule has 122 valence electrons. The number of fused-ring (bicyclic) bond motifs is 2. The van der Waals surface area contributed by atoms with Gasteiger partial charge in [-0.05, 0) is 68.6 Å². The van der Waals surface area contributed by atoms with E-state index in [4.69, 9.17) is 4.74 Å². The van der Waals surface area contributed by atoms with Crippen molar-refractivity contribution < 1.29 is 9.53 Å². The van der Waals surface area contributed by atoms with Crippen molar-refractivity contribution in [1.82, 2.24) is 0 Å².